The summed E-state index contributed by atoms with van der Waals surface area (Å²) in [5.74, 6) is -0.123. The van der Waals surface area contributed by atoms with Gasteiger partial charge in [0.15, 0.2) is 0 Å². The third kappa shape index (κ3) is 3.08. The van der Waals surface area contributed by atoms with E-state index in [2.05, 4.69) is 15.5 Å². The number of aromatic nitrogens is 2. The molecule has 1 aromatic rings. The monoisotopic (exact) mass is 305 g/mol. The molecule has 1 aliphatic heterocycles. The Hall–Kier alpha value is -1.10. The van der Waals surface area contributed by atoms with Crippen molar-refractivity contribution in [3.63, 3.8) is 0 Å². The van der Waals surface area contributed by atoms with E-state index >= 15 is 0 Å². The van der Waals surface area contributed by atoms with E-state index in [-0.39, 0.29) is 21.3 Å². The first-order valence-electron chi connectivity index (χ1n) is 5.75. The number of hydrogen-bond acceptors (Lipinski definition) is 7. The van der Waals surface area contributed by atoms with Gasteiger partial charge in [-0.25, -0.2) is 8.42 Å². The molecule has 1 fully saturated rings. The van der Waals surface area contributed by atoms with Crippen molar-refractivity contribution in [3.05, 3.63) is 0 Å². The minimum atomic E-state index is -3.63. The Morgan fingerprint density at radius 1 is 1.58 bits per heavy atom. The van der Waals surface area contributed by atoms with E-state index in [1.807, 2.05) is 0 Å². The first-order chi connectivity index (χ1) is 8.93. The van der Waals surface area contributed by atoms with Crippen LogP contribution in [-0.2, 0) is 14.8 Å². The van der Waals surface area contributed by atoms with Gasteiger partial charge in [0.05, 0.1) is 0 Å². The van der Waals surface area contributed by atoms with Gasteiger partial charge in [0, 0.05) is 20.0 Å². The number of nitrogens with zero attached hydrogens (tertiary/aromatic N) is 3. The number of anilines is 1. The van der Waals surface area contributed by atoms with E-state index in [4.69, 9.17) is 5.73 Å². The van der Waals surface area contributed by atoms with Gasteiger partial charge in [0.25, 0.3) is 10.0 Å². The van der Waals surface area contributed by atoms with Gasteiger partial charge in [-0.3, -0.25) is 4.79 Å². The summed E-state index contributed by atoms with van der Waals surface area (Å²) in [5, 5.41) is 9.86. The minimum absolute atomic E-state index is 0.103. The molecule has 0 radical (unpaired) electrons. The molecule has 10 heteroatoms. The van der Waals surface area contributed by atoms with Crippen molar-refractivity contribution >= 4 is 32.4 Å². The molecule has 1 amide bonds. The zero-order valence-corrected chi connectivity index (χ0v) is 12.0. The van der Waals surface area contributed by atoms with Crippen molar-refractivity contribution in [2.75, 3.05) is 25.0 Å². The number of rotatable bonds is 4. The molecule has 2 rings (SSSR count). The molecule has 0 aliphatic carbocycles. The number of hydrogen-bond donors (Lipinski definition) is 2. The van der Waals surface area contributed by atoms with Gasteiger partial charge in [-0.2, -0.15) is 4.31 Å². The molecular formula is C9H15N5O3S2. The van der Waals surface area contributed by atoms with E-state index < -0.39 is 10.0 Å². The molecule has 0 aromatic carbocycles. The summed E-state index contributed by atoms with van der Waals surface area (Å²) in [6.45, 7) is 2.65. The molecule has 3 N–H and O–H groups in total. The zero-order chi connectivity index (χ0) is 14.0. The summed E-state index contributed by atoms with van der Waals surface area (Å²) in [6, 6.07) is 0. The maximum absolute atomic E-state index is 12.3. The Morgan fingerprint density at radius 3 is 2.89 bits per heavy atom. The van der Waals surface area contributed by atoms with Crippen molar-refractivity contribution in [2.45, 2.75) is 17.7 Å². The number of amides is 1. The Morgan fingerprint density at radius 2 is 2.32 bits per heavy atom. The van der Waals surface area contributed by atoms with Crippen LogP contribution in [0.15, 0.2) is 4.34 Å². The van der Waals surface area contributed by atoms with E-state index in [0.717, 1.165) is 17.8 Å². The van der Waals surface area contributed by atoms with Crippen LogP contribution < -0.4 is 11.1 Å². The molecule has 1 saturated heterocycles. The number of carbonyl (C=O) groups excluding carboxylic acids is 1. The van der Waals surface area contributed by atoms with Crippen LogP contribution in [0.25, 0.3) is 0 Å². The lowest BCUT2D eigenvalue weighted by atomic mass is 10.1. The van der Waals surface area contributed by atoms with Crippen molar-refractivity contribution in [1.29, 1.82) is 0 Å². The summed E-state index contributed by atoms with van der Waals surface area (Å²) < 4.78 is 25.8. The van der Waals surface area contributed by atoms with Crippen molar-refractivity contribution < 1.29 is 13.2 Å². The highest BCUT2D eigenvalue weighted by atomic mass is 32.2. The predicted octanol–water partition coefficient (Wildman–Crippen LogP) is -0.534. The second-order valence-corrected chi connectivity index (χ2v) is 7.40. The Bertz CT molecular complexity index is 570. The first kappa shape index (κ1) is 14.3. The lowest BCUT2D eigenvalue weighted by Gasteiger charge is -2.13. The predicted molar refractivity (Wildman–Crippen MR) is 70.1 cm³/mol. The van der Waals surface area contributed by atoms with E-state index in [1.165, 1.54) is 11.2 Å². The molecule has 8 nitrogen and oxygen atoms in total. The third-order valence-corrected chi connectivity index (χ3v) is 5.88. The van der Waals surface area contributed by atoms with Crippen LogP contribution in [0.4, 0.5) is 5.13 Å². The average molecular weight is 305 g/mol. The van der Waals surface area contributed by atoms with Crippen LogP contribution >= 0.6 is 11.3 Å². The average Bonchev–Trinajstić information content (AvgIpc) is 2.96. The largest absolute Gasteiger partial charge is 0.330 e. The highest BCUT2D eigenvalue weighted by Gasteiger charge is 2.34. The van der Waals surface area contributed by atoms with Crippen LogP contribution in [0.5, 0.6) is 0 Å². The second kappa shape index (κ2) is 5.49. The van der Waals surface area contributed by atoms with Crippen LogP contribution in [0.1, 0.15) is 13.3 Å². The van der Waals surface area contributed by atoms with Crippen LogP contribution in [0.2, 0.25) is 0 Å². The lowest BCUT2D eigenvalue weighted by Crippen LogP contribution is -2.29. The fourth-order valence-electron chi connectivity index (χ4n) is 1.83. The van der Waals surface area contributed by atoms with E-state index in [1.54, 1.807) is 0 Å². The quantitative estimate of drug-likeness (QED) is 0.722. The molecular weight excluding hydrogens is 290 g/mol. The fourth-order valence-corrected chi connectivity index (χ4v) is 4.45. The Labute approximate surface area is 115 Å². The standard InChI is InChI=1S/C9H15N5O3S2/c1-6(15)11-8-12-13-9(18-8)19(16,17)14-3-2-7(4-10)5-14/h7H,2-5,10H2,1H3,(H,11,12,15). The summed E-state index contributed by atoms with van der Waals surface area (Å²) in [4.78, 5) is 10.9. The van der Waals surface area contributed by atoms with Crippen LogP contribution in [0, 0.1) is 5.92 Å². The highest BCUT2D eigenvalue weighted by molar-refractivity contribution is 7.91. The molecule has 106 valence electrons. The molecule has 1 aromatic heterocycles. The maximum Gasteiger partial charge on any atom is 0.272 e. The molecule has 0 saturated carbocycles. The van der Waals surface area contributed by atoms with E-state index in [0.29, 0.717) is 19.6 Å². The number of nitrogens with two attached hydrogens (primary N) is 1. The summed E-state index contributed by atoms with van der Waals surface area (Å²) in [5.41, 5.74) is 5.54. The van der Waals surface area contributed by atoms with Gasteiger partial charge >= 0.3 is 0 Å². The molecule has 1 aliphatic rings. The van der Waals surface area contributed by atoms with Gasteiger partial charge < -0.3 is 11.1 Å². The molecule has 1 unspecified atom stereocenters. The van der Waals surface area contributed by atoms with Crippen molar-refractivity contribution in [1.82, 2.24) is 14.5 Å². The van der Waals surface area contributed by atoms with Gasteiger partial charge in [-0.15, -0.1) is 10.2 Å². The molecule has 2 heterocycles. The molecule has 0 spiro atoms. The summed E-state index contributed by atoms with van der Waals surface area (Å²) in [7, 11) is -3.63. The van der Waals surface area contributed by atoms with Gasteiger partial charge in [0.1, 0.15) is 0 Å². The Kier molecular flexibility index (Phi) is 4.13. The topological polar surface area (TPSA) is 118 Å². The minimum Gasteiger partial charge on any atom is -0.330 e. The molecule has 19 heavy (non-hydrogen) atoms. The van der Waals surface area contributed by atoms with Crippen LogP contribution in [0.3, 0.4) is 0 Å². The molecule has 0 bridgehead atoms. The van der Waals surface area contributed by atoms with E-state index in [9.17, 15) is 13.2 Å². The fraction of sp³-hybridized carbons (Fsp3) is 0.667. The van der Waals surface area contributed by atoms with Gasteiger partial charge in [0.2, 0.25) is 15.4 Å². The van der Waals surface area contributed by atoms with Crippen LogP contribution in [-0.4, -0.2) is 48.5 Å². The van der Waals surface area contributed by atoms with Crippen molar-refractivity contribution in [2.24, 2.45) is 11.7 Å². The van der Waals surface area contributed by atoms with Gasteiger partial charge in [-0.05, 0) is 18.9 Å². The smallest absolute Gasteiger partial charge is 0.272 e. The zero-order valence-electron chi connectivity index (χ0n) is 10.4. The maximum atomic E-state index is 12.3. The number of nitrogens with one attached hydrogen (secondary N) is 1. The first-order valence-corrected chi connectivity index (χ1v) is 8.00. The number of sulfonamides is 1. The lowest BCUT2D eigenvalue weighted by molar-refractivity contribution is -0.114. The van der Waals surface area contributed by atoms with Crippen molar-refractivity contribution in [3.8, 4) is 0 Å². The number of carbonyl (C=O) groups is 1. The molecule has 1 atom stereocenters. The second-order valence-electron chi connectivity index (χ2n) is 4.31. The summed E-state index contributed by atoms with van der Waals surface area (Å²) >= 11 is 0.849. The summed E-state index contributed by atoms with van der Waals surface area (Å²) in [6.07, 6.45) is 0.757. The third-order valence-electron chi connectivity index (χ3n) is 2.83. The Balaban J connectivity index is 2.16. The SMILES string of the molecule is CC(=O)Nc1nnc(S(=O)(=O)N2CCC(CN)C2)s1. The highest BCUT2D eigenvalue weighted by Crippen LogP contribution is 2.27. The van der Waals surface area contributed by atoms with Gasteiger partial charge in [-0.1, -0.05) is 11.3 Å². The normalized spacial score (nSPS) is 20.6.